The van der Waals surface area contributed by atoms with E-state index in [-0.39, 0.29) is 21.8 Å². The zero-order valence-electron chi connectivity index (χ0n) is 15.7. The fraction of sp³-hybridized carbons (Fsp3) is 0. The van der Waals surface area contributed by atoms with Crippen LogP contribution in [0.25, 0.3) is 10.8 Å². The van der Waals surface area contributed by atoms with Crippen LogP contribution >= 0.6 is 19.9 Å². The van der Waals surface area contributed by atoms with E-state index >= 15 is 0 Å². The van der Waals surface area contributed by atoms with Gasteiger partial charge in [0.15, 0.2) is 11.5 Å². The van der Waals surface area contributed by atoms with Crippen LogP contribution in [0.5, 0.6) is 17.2 Å². The summed E-state index contributed by atoms with van der Waals surface area (Å²) in [4.78, 5) is 7.15. The van der Waals surface area contributed by atoms with Gasteiger partial charge in [-0.15, -0.1) is 10.2 Å². The number of benzene rings is 3. The largest absolute Gasteiger partial charge is 0.507 e. The zero-order chi connectivity index (χ0) is 24.7. The van der Waals surface area contributed by atoms with Gasteiger partial charge in [-0.2, -0.15) is 16.8 Å². The predicted octanol–water partition coefficient (Wildman–Crippen LogP) is 3.57. The fourth-order valence-electron chi connectivity index (χ4n) is 2.73. The predicted molar refractivity (Wildman–Crippen MR) is 114 cm³/mol. The topological polar surface area (TPSA) is 220 Å². The third-order valence-electron chi connectivity index (χ3n) is 4.06. The van der Waals surface area contributed by atoms with Crippen LogP contribution in [0, 0.1) is 0 Å². The van der Waals surface area contributed by atoms with Crippen molar-refractivity contribution >= 4 is 62.2 Å². The lowest BCUT2D eigenvalue weighted by Crippen LogP contribution is -2.01. The van der Waals surface area contributed by atoms with Crippen molar-refractivity contribution in [3.8, 4) is 17.2 Å². The highest BCUT2D eigenvalue weighted by atomic mass is 35.5. The van der Waals surface area contributed by atoms with Gasteiger partial charge in [0, 0.05) is 17.2 Å². The molecular formula is C16H12ClN2O11PS2. The molecule has 0 spiro atoms. The summed E-state index contributed by atoms with van der Waals surface area (Å²) < 4.78 is 81.0. The van der Waals surface area contributed by atoms with Crippen molar-refractivity contribution < 1.29 is 50.1 Å². The first-order chi connectivity index (χ1) is 15.2. The van der Waals surface area contributed by atoms with E-state index in [9.17, 15) is 40.7 Å². The average molecular weight is 539 g/mol. The van der Waals surface area contributed by atoms with Gasteiger partial charge in [-0.05, 0) is 29.7 Å². The molecule has 0 aliphatic rings. The van der Waals surface area contributed by atoms with E-state index in [0.717, 1.165) is 12.1 Å². The SMILES string of the molecule is O=[PH](O)Oc1cc(Cl)ccc1N=Nc1c(S(=O)(=O)O)cc2cc(S(=O)(=O)O)cc(O)c2c1O. The normalized spacial score (nSPS) is 13.5. The summed E-state index contributed by atoms with van der Waals surface area (Å²) in [5.41, 5.74) is -1.09. The van der Waals surface area contributed by atoms with Crippen LogP contribution in [0.15, 0.2) is 56.4 Å². The maximum absolute atomic E-state index is 11.9. The Labute approximate surface area is 191 Å². The number of aromatic hydroxyl groups is 2. The lowest BCUT2D eigenvalue weighted by atomic mass is 10.1. The van der Waals surface area contributed by atoms with E-state index < -0.39 is 60.9 Å². The van der Waals surface area contributed by atoms with Gasteiger partial charge >= 0.3 is 8.25 Å². The molecule has 0 radical (unpaired) electrons. The molecule has 1 atom stereocenters. The second kappa shape index (κ2) is 8.87. The third-order valence-corrected chi connectivity index (χ3v) is 6.38. The Morgan fingerprint density at radius 3 is 2.18 bits per heavy atom. The summed E-state index contributed by atoms with van der Waals surface area (Å²) in [6, 6.07) is 5.61. The Balaban J connectivity index is 2.30. The van der Waals surface area contributed by atoms with Crippen LogP contribution in [0.1, 0.15) is 0 Å². The summed E-state index contributed by atoms with van der Waals surface area (Å²) in [5.74, 6) is -2.20. The van der Waals surface area contributed by atoms with Crippen molar-refractivity contribution in [2.45, 2.75) is 9.79 Å². The van der Waals surface area contributed by atoms with Gasteiger partial charge in [0.25, 0.3) is 20.2 Å². The molecule has 0 heterocycles. The van der Waals surface area contributed by atoms with Crippen LogP contribution in [0.2, 0.25) is 5.02 Å². The molecule has 0 saturated heterocycles. The van der Waals surface area contributed by atoms with Gasteiger partial charge < -0.3 is 19.6 Å². The Bertz CT molecular complexity index is 1560. The number of phenolic OH excluding ortho intramolecular Hbond substituents is 2. The van der Waals surface area contributed by atoms with Gasteiger partial charge in [0.2, 0.25) is 0 Å². The molecule has 176 valence electrons. The molecule has 0 fully saturated rings. The van der Waals surface area contributed by atoms with Crippen molar-refractivity contribution in [1.82, 2.24) is 0 Å². The second-order valence-corrected chi connectivity index (χ2v) is 10.2. The van der Waals surface area contributed by atoms with Crippen molar-refractivity contribution in [3.63, 3.8) is 0 Å². The molecule has 33 heavy (non-hydrogen) atoms. The van der Waals surface area contributed by atoms with Crippen LogP contribution in [-0.4, -0.2) is 41.0 Å². The maximum atomic E-state index is 11.9. The minimum Gasteiger partial charge on any atom is -0.507 e. The molecule has 3 aromatic carbocycles. The average Bonchev–Trinajstić information content (AvgIpc) is 2.66. The van der Waals surface area contributed by atoms with E-state index in [4.69, 9.17) is 16.5 Å². The van der Waals surface area contributed by atoms with E-state index in [0.29, 0.717) is 12.1 Å². The quantitative estimate of drug-likeness (QED) is 0.173. The fourth-order valence-corrected chi connectivity index (χ4v) is 4.44. The highest BCUT2D eigenvalue weighted by molar-refractivity contribution is 7.86. The molecule has 0 saturated carbocycles. The Morgan fingerprint density at radius 1 is 0.939 bits per heavy atom. The number of azo groups is 1. The number of fused-ring (bicyclic) bond motifs is 1. The third kappa shape index (κ3) is 5.42. The first kappa shape index (κ1) is 24.9. The summed E-state index contributed by atoms with van der Waals surface area (Å²) in [5, 5.41) is 27.2. The van der Waals surface area contributed by atoms with Crippen molar-refractivity contribution in [2.75, 3.05) is 0 Å². The first-order valence-electron chi connectivity index (χ1n) is 8.28. The summed E-state index contributed by atoms with van der Waals surface area (Å²) in [7, 11) is -13.4. The van der Waals surface area contributed by atoms with Gasteiger partial charge in [-0.25, -0.2) is 4.57 Å². The summed E-state index contributed by atoms with van der Waals surface area (Å²) in [6.45, 7) is 0. The molecule has 1 unspecified atom stereocenters. The van der Waals surface area contributed by atoms with Crippen LogP contribution in [0.3, 0.4) is 0 Å². The van der Waals surface area contributed by atoms with Crippen LogP contribution in [0.4, 0.5) is 11.4 Å². The van der Waals surface area contributed by atoms with E-state index in [1.165, 1.54) is 12.1 Å². The molecular weight excluding hydrogens is 527 g/mol. The highest BCUT2D eigenvalue weighted by Gasteiger charge is 2.25. The minimum atomic E-state index is -5.09. The van der Waals surface area contributed by atoms with E-state index in [1.54, 1.807) is 0 Å². The number of hydrogen-bond donors (Lipinski definition) is 5. The standard InChI is InChI=1S/C16H12ClN2O11PS2/c17-8-1-2-10(12(5-8)30-31(22)23)18-19-15-13(33(27,28)29)4-7-3-9(32(24,25)26)6-11(20)14(7)16(15)21/h1-6,20-21,31H,(H,22,23)(H,24,25,26)(H,27,28,29). The maximum Gasteiger partial charge on any atom is 0.365 e. The molecule has 0 bridgehead atoms. The zero-order valence-corrected chi connectivity index (χ0v) is 19.1. The van der Waals surface area contributed by atoms with Crippen molar-refractivity contribution in [3.05, 3.63) is 41.4 Å². The minimum absolute atomic E-state index is 0.0962. The smallest absolute Gasteiger partial charge is 0.365 e. The van der Waals surface area contributed by atoms with Gasteiger partial charge in [0.1, 0.15) is 22.0 Å². The molecule has 13 nitrogen and oxygen atoms in total. The van der Waals surface area contributed by atoms with Gasteiger partial charge in [-0.3, -0.25) is 9.11 Å². The van der Waals surface area contributed by atoms with Gasteiger partial charge in [0.05, 0.1) is 10.3 Å². The number of rotatable bonds is 6. The molecule has 3 rings (SSSR count). The number of phenols is 2. The lowest BCUT2D eigenvalue weighted by molar-refractivity contribution is 0.410. The second-order valence-electron chi connectivity index (χ2n) is 6.24. The molecule has 0 aliphatic heterocycles. The number of nitrogens with zero attached hydrogens (tertiary/aromatic N) is 2. The van der Waals surface area contributed by atoms with E-state index in [2.05, 4.69) is 14.8 Å². The van der Waals surface area contributed by atoms with Crippen LogP contribution in [-0.2, 0) is 24.8 Å². The summed E-state index contributed by atoms with van der Waals surface area (Å²) in [6.07, 6.45) is 0. The first-order valence-corrected chi connectivity index (χ1v) is 12.8. The van der Waals surface area contributed by atoms with Crippen molar-refractivity contribution in [2.24, 2.45) is 10.2 Å². The monoisotopic (exact) mass is 538 g/mol. The van der Waals surface area contributed by atoms with Gasteiger partial charge in [-0.1, -0.05) is 11.6 Å². The number of hydrogen-bond acceptors (Lipinski definition) is 10. The lowest BCUT2D eigenvalue weighted by Gasteiger charge is -2.11. The molecule has 3 aromatic rings. The Kier molecular flexibility index (Phi) is 6.68. The molecule has 0 aromatic heterocycles. The molecule has 17 heteroatoms. The molecule has 0 aliphatic carbocycles. The molecule has 0 amide bonds. The summed E-state index contributed by atoms with van der Waals surface area (Å²) >= 11 is 5.79. The highest BCUT2D eigenvalue weighted by Crippen LogP contribution is 2.46. The van der Waals surface area contributed by atoms with Crippen molar-refractivity contribution in [1.29, 1.82) is 0 Å². The Morgan fingerprint density at radius 2 is 1.61 bits per heavy atom. The number of halogens is 1. The van der Waals surface area contributed by atoms with E-state index in [1.807, 2.05) is 0 Å². The van der Waals surface area contributed by atoms with Crippen LogP contribution < -0.4 is 4.52 Å². The molecule has 5 N–H and O–H groups in total. The Hall–Kier alpha value is -2.78.